The number of aromatic amines is 1. The Morgan fingerprint density at radius 1 is 1.24 bits per heavy atom. The number of hydrogen-bond donors (Lipinski definition) is 4. The molecule has 0 fully saturated rings. The maximum Gasteiger partial charge on any atom is 0.154 e. The van der Waals surface area contributed by atoms with Crippen molar-refractivity contribution in [1.29, 1.82) is 0 Å². The highest BCUT2D eigenvalue weighted by Crippen LogP contribution is 2.36. The van der Waals surface area contributed by atoms with E-state index < -0.39 is 17.9 Å². The third-order valence-electron chi connectivity index (χ3n) is 4.06. The SMILES string of the molecule is Cc1n[nH]c(Cl)c1NC(O)c1cc(F)c(-c2nc(N)ccc2F)cc1OC(C)C. The molecule has 10 heteroatoms. The Bertz CT molecular complexity index is 1020. The summed E-state index contributed by atoms with van der Waals surface area (Å²) in [5.74, 6) is -1.34. The molecule has 0 aliphatic rings. The first kappa shape index (κ1) is 20.8. The van der Waals surface area contributed by atoms with Gasteiger partial charge in [0.25, 0.3) is 0 Å². The van der Waals surface area contributed by atoms with E-state index in [1.165, 1.54) is 12.1 Å². The van der Waals surface area contributed by atoms with Crippen LogP contribution in [-0.2, 0) is 0 Å². The number of nitrogens with zero attached hydrogens (tertiary/aromatic N) is 2. The van der Waals surface area contributed by atoms with E-state index in [-0.39, 0.29) is 39.6 Å². The number of aryl methyl sites for hydroxylation is 1. The number of benzene rings is 1. The predicted molar refractivity (Wildman–Crippen MR) is 107 cm³/mol. The van der Waals surface area contributed by atoms with Crippen molar-refractivity contribution in [2.75, 3.05) is 11.1 Å². The Hall–Kier alpha value is -2.91. The summed E-state index contributed by atoms with van der Waals surface area (Å²) in [5.41, 5.74) is 6.20. The van der Waals surface area contributed by atoms with Crippen LogP contribution in [0.4, 0.5) is 20.3 Å². The standard InChI is InChI=1S/C19H20ClF2N5O2/c1-8(2)29-14-7-10(17-12(21)4-5-15(23)24-17)13(22)6-11(14)19(28)25-16-9(3)26-27-18(16)20/h4-8,19,25,28H,1-3H3,(H2,23,24)(H,26,27). The van der Waals surface area contributed by atoms with Crippen molar-refractivity contribution < 1.29 is 18.6 Å². The molecule has 0 spiro atoms. The number of anilines is 2. The lowest BCUT2D eigenvalue weighted by Crippen LogP contribution is -2.15. The molecule has 0 amide bonds. The lowest BCUT2D eigenvalue weighted by Gasteiger charge is -2.21. The van der Waals surface area contributed by atoms with E-state index in [0.717, 1.165) is 12.1 Å². The molecule has 0 aliphatic carbocycles. The van der Waals surface area contributed by atoms with Crippen molar-refractivity contribution >= 4 is 23.1 Å². The van der Waals surface area contributed by atoms with Crippen molar-refractivity contribution in [2.24, 2.45) is 0 Å². The topological polar surface area (TPSA) is 109 Å². The number of ether oxygens (including phenoxy) is 1. The van der Waals surface area contributed by atoms with Gasteiger partial charge in [0.05, 0.1) is 17.5 Å². The van der Waals surface area contributed by atoms with Crippen LogP contribution < -0.4 is 15.8 Å². The van der Waals surface area contributed by atoms with Crippen LogP contribution in [0, 0.1) is 18.6 Å². The third kappa shape index (κ3) is 4.41. The first-order valence-electron chi connectivity index (χ1n) is 8.75. The molecule has 7 nitrogen and oxygen atoms in total. The number of nitrogens with one attached hydrogen (secondary N) is 2. The Balaban J connectivity index is 2.07. The number of nitrogen functional groups attached to an aromatic ring is 1. The number of nitrogens with two attached hydrogens (primary N) is 1. The molecule has 0 radical (unpaired) electrons. The molecular formula is C19H20ClF2N5O2. The van der Waals surface area contributed by atoms with Gasteiger partial charge < -0.3 is 20.9 Å². The van der Waals surface area contributed by atoms with Gasteiger partial charge in [-0.05, 0) is 45.0 Å². The lowest BCUT2D eigenvalue weighted by atomic mass is 10.0. The zero-order valence-corrected chi connectivity index (χ0v) is 16.7. The zero-order chi connectivity index (χ0) is 21.3. The van der Waals surface area contributed by atoms with Crippen molar-refractivity contribution in [3.05, 3.63) is 52.3 Å². The smallest absolute Gasteiger partial charge is 0.154 e. The first-order chi connectivity index (χ1) is 13.7. The molecule has 2 heterocycles. The highest BCUT2D eigenvalue weighted by atomic mass is 35.5. The van der Waals surface area contributed by atoms with Gasteiger partial charge in [-0.1, -0.05) is 11.6 Å². The number of aliphatic hydroxyl groups excluding tert-OH is 1. The summed E-state index contributed by atoms with van der Waals surface area (Å²) in [7, 11) is 0. The van der Waals surface area contributed by atoms with Gasteiger partial charge in [-0.2, -0.15) is 5.10 Å². The normalized spacial score (nSPS) is 12.3. The fraction of sp³-hybridized carbons (Fsp3) is 0.263. The minimum atomic E-state index is -1.38. The molecule has 0 saturated heterocycles. The molecular weight excluding hydrogens is 404 g/mol. The number of rotatable bonds is 6. The zero-order valence-electron chi connectivity index (χ0n) is 15.9. The van der Waals surface area contributed by atoms with Crippen LogP contribution in [0.5, 0.6) is 5.75 Å². The molecule has 0 saturated carbocycles. The van der Waals surface area contributed by atoms with Crippen molar-refractivity contribution in [1.82, 2.24) is 15.2 Å². The maximum atomic E-state index is 14.9. The van der Waals surface area contributed by atoms with Gasteiger partial charge in [0.1, 0.15) is 34.0 Å². The molecule has 1 aromatic carbocycles. The Morgan fingerprint density at radius 3 is 2.59 bits per heavy atom. The average molecular weight is 424 g/mol. The van der Waals surface area contributed by atoms with Crippen LogP contribution >= 0.6 is 11.6 Å². The highest BCUT2D eigenvalue weighted by molar-refractivity contribution is 6.32. The molecule has 2 aromatic heterocycles. The van der Waals surface area contributed by atoms with E-state index in [4.69, 9.17) is 22.1 Å². The minimum absolute atomic E-state index is 0.0444. The van der Waals surface area contributed by atoms with Gasteiger partial charge in [0, 0.05) is 11.1 Å². The molecule has 1 atom stereocenters. The molecule has 29 heavy (non-hydrogen) atoms. The lowest BCUT2D eigenvalue weighted by molar-refractivity contribution is 0.189. The predicted octanol–water partition coefficient (Wildman–Crippen LogP) is 4.18. The monoisotopic (exact) mass is 423 g/mol. The largest absolute Gasteiger partial charge is 0.491 e. The van der Waals surface area contributed by atoms with Crippen LogP contribution in [0.25, 0.3) is 11.3 Å². The van der Waals surface area contributed by atoms with Crippen molar-refractivity contribution in [3.8, 4) is 17.0 Å². The molecule has 154 valence electrons. The number of pyridine rings is 1. The number of aliphatic hydroxyl groups is 1. The summed E-state index contributed by atoms with van der Waals surface area (Å²) in [6.07, 6.45) is -1.67. The van der Waals surface area contributed by atoms with Gasteiger partial charge in [-0.15, -0.1) is 0 Å². The van der Waals surface area contributed by atoms with E-state index in [9.17, 15) is 13.9 Å². The molecule has 3 rings (SSSR count). The first-order valence-corrected chi connectivity index (χ1v) is 9.12. The van der Waals surface area contributed by atoms with E-state index in [1.54, 1.807) is 20.8 Å². The highest BCUT2D eigenvalue weighted by Gasteiger charge is 2.23. The summed E-state index contributed by atoms with van der Waals surface area (Å²) in [4.78, 5) is 3.88. The van der Waals surface area contributed by atoms with Gasteiger partial charge in [0.2, 0.25) is 0 Å². The minimum Gasteiger partial charge on any atom is -0.491 e. The van der Waals surface area contributed by atoms with Crippen LogP contribution in [0.3, 0.4) is 0 Å². The second kappa shape index (κ2) is 8.22. The van der Waals surface area contributed by atoms with E-state index >= 15 is 0 Å². The molecule has 0 bridgehead atoms. The van der Waals surface area contributed by atoms with Gasteiger partial charge in [-0.25, -0.2) is 13.8 Å². The number of hydrogen-bond acceptors (Lipinski definition) is 6. The van der Waals surface area contributed by atoms with Crippen LogP contribution in [-0.4, -0.2) is 26.4 Å². The van der Waals surface area contributed by atoms with Crippen LogP contribution in [0.15, 0.2) is 24.3 Å². The molecule has 0 aliphatic heterocycles. The second-order valence-electron chi connectivity index (χ2n) is 6.65. The van der Waals surface area contributed by atoms with Crippen LogP contribution in [0.2, 0.25) is 5.15 Å². The van der Waals surface area contributed by atoms with E-state index in [0.29, 0.717) is 11.4 Å². The Morgan fingerprint density at radius 2 is 1.97 bits per heavy atom. The Kier molecular flexibility index (Phi) is 5.90. The van der Waals surface area contributed by atoms with Crippen molar-refractivity contribution in [3.63, 3.8) is 0 Å². The Labute approximate surface area is 170 Å². The molecule has 1 unspecified atom stereocenters. The molecule has 3 aromatic rings. The second-order valence-corrected chi connectivity index (χ2v) is 7.03. The van der Waals surface area contributed by atoms with E-state index in [1.807, 2.05) is 0 Å². The summed E-state index contributed by atoms with van der Waals surface area (Å²) in [6, 6.07) is 4.72. The average Bonchev–Trinajstić information content (AvgIpc) is 2.96. The van der Waals surface area contributed by atoms with Gasteiger partial charge >= 0.3 is 0 Å². The summed E-state index contributed by atoms with van der Waals surface area (Å²) in [6.45, 7) is 5.22. The van der Waals surface area contributed by atoms with Crippen molar-refractivity contribution in [2.45, 2.75) is 33.1 Å². The molecule has 5 N–H and O–H groups in total. The third-order valence-corrected chi connectivity index (χ3v) is 4.34. The van der Waals surface area contributed by atoms with E-state index in [2.05, 4.69) is 20.5 Å². The fourth-order valence-electron chi connectivity index (χ4n) is 2.75. The van der Waals surface area contributed by atoms with Gasteiger partial charge in [0.15, 0.2) is 6.23 Å². The fourth-order valence-corrected chi connectivity index (χ4v) is 2.99. The summed E-state index contributed by atoms with van der Waals surface area (Å²) < 4.78 is 34.8. The number of H-pyrrole nitrogens is 1. The van der Waals surface area contributed by atoms with Crippen LogP contribution in [0.1, 0.15) is 31.3 Å². The quantitative estimate of drug-likeness (QED) is 0.443. The van der Waals surface area contributed by atoms with Gasteiger partial charge in [-0.3, -0.25) is 5.10 Å². The number of aromatic nitrogens is 3. The summed E-state index contributed by atoms with van der Waals surface area (Å²) >= 11 is 6.01. The summed E-state index contributed by atoms with van der Waals surface area (Å²) in [5, 5.41) is 20.1. The number of halogens is 3. The maximum absolute atomic E-state index is 14.9.